The minimum atomic E-state index is 0.726. The highest BCUT2D eigenvalue weighted by molar-refractivity contribution is 5.95. The normalized spacial score (nSPS) is 10.7. The number of nitrogens with zero attached hydrogens (tertiary/aromatic N) is 1. The molecule has 20 heavy (non-hydrogen) atoms. The first kappa shape index (κ1) is 14.6. The Morgan fingerprint density at radius 2 is 1.95 bits per heavy atom. The predicted octanol–water partition coefficient (Wildman–Crippen LogP) is 1.89. The first-order valence-electron chi connectivity index (χ1n) is 6.72. The second-order valence-electron chi connectivity index (χ2n) is 4.38. The van der Waals surface area contributed by atoms with Crippen LogP contribution in [0.4, 0.5) is 5.82 Å². The molecule has 5 nitrogen and oxygen atoms in total. The lowest BCUT2D eigenvalue weighted by atomic mass is 10.1. The first-order chi connectivity index (χ1) is 9.86. The number of hydrogen-bond acceptors (Lipinski definition) is 5. The van der Waals surface area contributed by atoms with Gasteiger partial charge in [-0.05, 0) is 12.1 Å². The highest BCUT2D eigenvalue weighted by atomic mass is 16.5. The minimum absolute atomic E-state index is 0.726. The van der Waals surface area contributed by atoms with Crippen LogP contribution in [0.25, 0.3) is 10.8 Å². The zero-order valence-electron chi connectivity index (χ0n) is 12.0. The van der Waals surface area contributed by atoms with E-state index in [1.165, 1.54) is 0 Å². The first-order valence-corrected chi connectivity index (χ1v) is 6.72. The standard InChI is InChI=1S/C15H21N3O2/c1-19-11-10-16-8-9-18-15-13-4-3-5-14(20-2)12(13)6-7-17-15/h3-7,16H,8-11H2,1-2H3,(H,17,18). The largest absolute Gasteiger partial charge is 0.496 e. The molecule has 0 unspecified atom stereocenters. The fourth-order valence-corrected chi connectivity index (χ4v) is 2.07. The predicted molar refractivity (Wildman–Crippen MR) is 81.5 cm³/mol. The van der Waals surface area contributed by atoms with Crippen molar-refractivity contribution in [2.75, 3.05) is 45.8 Å². The summed E-state index contributed by atoms with van der Waals surface area (Å²) in [6.07, 6.45) is 1.80. The number of benzene rings is 1. The number of hydrogen-bond donors (Lipinski definition) is 2. The molecule has 0 bridgehead atoms. The van der Waals surface area contributed by atoms with Gasteiger partial charge in [0.25, 0.3) is 0 Å². The number of ether oxygens (including phenoxy) is 2. The smallest absolute Gasteiger partial charge is 0.133 e. The van der Waals surface area contributed by atoms with Crippen LogP contribution in [-0.2, 0) is 4.74 Å². The van der Waals surface area contributed by atoms with Crippen molar-refractivity contribution in [3.63, 3.8) is 0 Å². The van der Waals surface area contributed by atoms with Crippen LogP contribution in [-0.4, -0.2) is 45.4 Å². The SMILES string of the molecule is COCCNCCNc1nccc2c(OC)cccc12. The van der Waals surface area contributed by atoms with Crippen LogP contribution in [0.2, 0.25) is 0 Å². The van der Waals surface area contributed by atoms with Crippen LogP contribution in [0, 0.1) is 0 Å². The minimum Gasteiger partial charge on any atom is -0.496 e. The summed E-state index contributed by atoms with van der Waals surface area (Å²) in [5.74, 6) is 1.75. The van der Waals surface area contributed by atoms with Crippen LogP contribution >= 0.6 is 0 Å². The molecule has 1 heterocycles. The highest BCUT2D eigenvalue weighted by Crippen LogP contribution is 2.28. The maximum atomic E-state index is 5.37. The zero-order chi connectivity index (χ0) is 14.2. The Morgan fingerprint density at radius 3 is 2.75 bits per heavy atom. The van der Waals surface area contributed by atoms with E-state index in [2.05, 4.69) is 15.6 Å². The van der Waals surface area contributed by atoms with Crippen LogP contribution in [0.1, 0.15) is 0 Å². The van der Waals surface area contributed by atoms with Crippen molar-refractivity contribution in [2.45, 2.75) is 0 Å². The lowest BCUT2D eigenvalue weighted by molar-refractivity contribution is 0.200. The van der Waals surface area contributed by atoms with Crippen LogP contribution in [0.3, 0.4) is 0 Å². The molecule has 2 N–H and O–H groups in total. The van der Waals surface area contributed by atoms with Gasteiger partial charge in [0, 0.05) is 43.7 Å². The molecule has 1 aromatic carbocycles. The fourth-order valence-electron chi connectivity index (χ4n) is 2.07. The molecule has 0 saturated carbocycles. The van der Waals surface area contributed by atoms with Crippen molar-refractivity contribution < 1.29 is 9.47 Å². The molecular weight excluding hydrogens is 254 g/mol. The third-order valence-corrected chi connectivity index (χ3v) is 3.06. The molecule has 0 spiro atoms. The van der Waals surface area contributed by atoms with Gasteiger partial charge in [-0.2, -0.15) is 0 Å². The summed E-state index contributed by atoms with van der Waals surface area (Å²) in [4.78, 5) is 4.40. The molecule has 1 aromatic heterocycles. The average Bonchev–Trinajstić information content (AvgIpc) is 2.50. The van der Waals surface area contributed by atoms with E-state index in [9.17, 15) is 0 Å². The van der Waals surface area contributed by atoms with Gasteiger partial charge in [0.2, 0.25) is 0 Å². The lowest BCUT2D eigenvalue weighted by Crippen LogP contribution is -2.25. The van der Waals surface area contributed by atoms with Crippen LogP contribution in [0.15, 0.2) is 30.5 Å². The zero-order valence-corrected chi connectivity index (χ0v) is 12.0. The molecular formula is C15H21N3O2. The molecule has 108 valence electrons. The van der Waals surface area contributed by atoms with E-state index in [1.807, 2.05) is 24.3 Å². The monoisotopic (exact) mass is 275 g/mol. The Morgan fingerprint density at radius 1 is 1.05 bits per heavy atom. The van der Waals surface area contributed by atoms with E-state index < -0.39 is 0 Å². The van der Waals surface area contributed by atoms with Crippen molar-refractivity contribution in [1.29, 1.82) is 0 Å². The Labute approximate surface area is 119 Å². The summed E-state index contributed by atoms with van der Waals surface area (Å²) in [6.45, 7) is 3.26. The number of anilines is 1. The average molecular weight is 275 g/mol. The molecule has 0 amide bonds. The topological polar surface area (TPSA) is 55.4 Å². The van der Waals surface area contributed by atoms with E-state index in [0.717, 1.165) is 48.6 Å². The molecule has 0 aliphatic carbocycles. The number of rotatable bonds is 8. The summed E-state index contributed by atoms with van der Waals surface area (Å²) in [5, 5.41) is 8.78. The fraction of sp³-hybridized carbons (Fsp3) is 0.400. The summed E-state index contributed by atoms with van der Waals surface area (Å²) in [5.41, 5.74) is 0. The maximum absolute atomic E-state index is 5.37. The second kappa shape index (κ2) is 7.67. The Bertz CT molecular complexity index is 546. The van der Waals surface area contributed by atoms with E-state index in [1.54, 1.807) is 20.4 Å². The molecule has 2 aromatic rings. The van der Waals surface area contributed by atoms with Gasteiger partial charge in [0.1, 0.15) is 11.6 Å². The van der Waals surface area contributed by atoms with Gasteiger partial charge in [0.15, 0.2) is 0 Å². The molecule has 2 rings (SSSR count). The van der Waals surface area contributed by atoms with Gasteiger partial charge in [0.05, 0.1) is 13.7 Å². The third-order valence-electron chi connectivity index (χ3n) is 3.06. The maximum Gasteiger partial charge on any atom is 0.133 e. The quantitative estimate of drug-likeness (QED) is 0.721. The van der Waals surface area contributed by atoms with Gasteiger partial charge in [-0.3, -0.25) is 0 Å². The Balaban J connectivity index is 2.00. The number of methoxy groups -OCH3 is 2. The van der Waals surface area contributed by atoms with E-state index in [-0.39, 0.29) is 0 Å². The van der Waals surface area contributed by atoms with Crippen LogP contribution in [0.5, 0.6) is 5.75 Å². The van der Waals surface area contributed by atoms with Crippen molar-refractivity contribution in [2.24, 2.45) is 0 Å². The number of pyridine rings is 1. The van der Waals surface area contributed by atoms with E-state index in [4.69, 9.17) is 9.47 Å². The molecule has 5 heteroatoms. The van der Waals surface area contributed by atoms with Gasteiger partial charge >= 0.3 is 0 Å². The molecule has 0 atom stereocenters. The third kappa shape index (κ3) is 3.59. The van der Waals surface area contributed by atoms with Gasteiger partial charge < -0.3 is 20.1 Å². The Hall–Kier alpha value is -1.85. The molecule has 0 aliphatic rings. The summed E-state index contributed by atoms with van der Waals surface area (Å²) in [6, 6.07) is 7.95. The van der Waals surface area contributed by atoms with Gasteiger partial charge in [-0.25, -0.2) is 4.98 Å². The number of aromatic nitrogens is 1. The van der Waals surface area contributed by atoms with Crippen LogP contribution < -0.4 is 15.4 Å². The molecule has 0 saturated heterocycles. The van der Waals surface area contributed by atoms with Gasteiger partial charge in [-0.1, -0.05) is 12.1 Å². The molecule has 0 fully saturated rings. The lowest BCUT2D eigenvalue weighted by Gasteiger charge is -2.11. The van der Waals surface area contributed by atoms with E-state index in [0.29, 0.717) is 0 Å². The van der Waals surface area contributed by atoms with Crippen molar-refractivity contribution in [3.8, 4) is 5.75 Å². The summed E-state index contributed by atoms with van der Waals surface area (Å²) >= 11 is 0. The molecule has 0 radical (unpaired) electrons. The van der Waals surface area contributed by atoms with Crippen molar-refractivity contribution in [1.82, 2.24) is 10.3 Å². The number of nitrogens with one attached hydrogen (secondary N) is 2. The van der Waals surface area contributed by atoms with Crippen molar-refractivity contribution >= 4 is 16.6 Å². The number of fused-ring (bicyclic) bond motifs is 1. The highest BCUT2D eigenvalue weighted by Gasteiger charge is 2.05. The van der Waals surface area contributed by atoms with Gasteiger partial charge in [-0.15, -0.1) is 0 Å². The molecule has 0 aliphatic heterocycles. The summed E-state index contributed by atoms with van der Waals surface area (Å²) < 4.78 is 10.4. The summed E-state index contributed by atoms with van der Waals surface area (Å²) in [7, 11) is 3.38. The van der Waals surface area contributed by atoms with Crippen molar-refractivity contribution in [3.05, 3.63) is 30.5 Å². The second-order valence-corrected chi connectivity index (χ2v) is 4.38. The van der Waals surface area contributed by atoms with E-state index >= 15 is 0 Å². The Kier molecular flexibility index (Phi) is 5.58.